The Hall–Kier alpha value is -1.62. The van der Waals surface area contributed by atoms with E-state index < -0.39 is 0 Å². The highest BCUT2D eigenvalue weighted by Gasteiger charge is 2.08. The molecular formula is C16H13IN2. The molecule has 0 bridgehead atoms. The van der Waals surface area contributed by atoms with Gasteiger partial charge in [0.05, 0.1) is 15.5 Å². The molecule has 0 atom stereocenters. The van der Waals surface area contributed by atoms with Crippen molar-refractivity contribution in [2.24, 2.45) is 7.05 Å². The van der Waals surface area contributed by atoms with Gasteiger partial charge >= 0.3 is 0 Å². The Balaban J connectivity index is 2.00. The summed E-state index contributed by atoms with van der Waals surface area (Å²) in [6, 6.07) is 19.0. The van der Waals surface area contributed by atoms with Crippen LogP contribution in [0.2, 0.25) is 0 Å². The largest absolute Gasteiger partial charge is 0.267 e. The van der Waals surface area contributed by atoms with E-state index in [2.05, 4.69) is 76.2 Å². The molecule has 0 aliphatic carbocycles. The molecule has 0 radical (unpaired) electrons. The molecule has 1 aromatic heterocycles. The van der Waals surface area contributed by atoms with E-state index in [0.717, 1.165) is 0 Å². The number of halogens is 1. The fraction of sp³-hybridized carbons (Fsp3) is 0.0625. The lowest BCUT2D eigenvalue weighted by Gasteiger charge is -2.06. The van der Waals surface area contributed by atoms with Gasteiger partial charge in [0, 0.05) is 12.6 Å². The number of hydrogen-bond acceptors (Lipinski definition) is 1. The summed E-state index contributed by atoms with van der Waals surface area (Å²) >= 11 is 2.32. The third-order valence-corrected chi connectivity index (χ3v) is 3.95. The lowest BCUT2D eigenvalue weighted by Crippen LogP contribution is -1.94. The van der Waals surface area contributed by atoms with Crippen LogP contribution in [0.25, 0.3) is 22.4 Å². The lowest BCUT2D eigenvalue weighted by molar-refractivity contribution is 0.776. The lowest BCUT2D eigenvalue weighted by atomic mass is 10.0. The van der Waals surface area contributed by atoms with E-state index in [9.17, 15) is 0 Å². The fourth-order valence-electron chi connectivity index (χ4n) is 2.19. The molecule has 0 saturated heterocycles. The van der Waals surface area contributed by atoms with Gasteiger partial charge in [-0.1, -0.05) is 54.6 Å². The maximum atomic E-state index is 4.28. The highest BCUT2D eigenvalue weighted by atomic mass is 127. The molecule has 0 spiro atoms. The van der Waals surface area contributed by atoms with Crippen LogP contribution in [0.4, 0.5) is 0 Å². The van der Waals surface area contributed by atoms with Crippen molar-refractivity contribution in [3.63, 3.8) is 0 Å². The van der Waals surface area contributed by atoms with Gasteiger partial charge < -0.3 is 0 Å². The molecule has 0 aliphatic rings. The van der Waals surface area contributed by atoms with Crippen LogP contribution in [-0.4, -0.2) is 9.78 Å². The van der Waals surface area contributed by atoms with Crippen LogP contribution in [0.3, 0.4) is 0 Å². The predicted molar refractivity (Wildman–Crippen MR) is 86.8 cm³/mol. The average molecular weight is 360 g/mol. The van der Waals surface area contributed by atoms with Crippen molar-refractivity contribution in [1.82, 2.24) is 9.78 Å². The van der Waals surface area contributed by atoms with E-state index in [1.54, 1.807) is 0 Å². The van der Waals surface area contributed by atoms with Crippen LogP contribution in [0.15, 0.2) is 60.8 Å². The SMILES string of the molecule is Cn1ncc(I)c1-c1ccc(-c2ccccc2)cc1. The number of benzene rings is 2. The van der Waals surface area contributed by atoms with Gasteiger partial charge in [-0.3, -0.25) is 4.68 Å². The summed E-state index contributed by atoms with van der Waals surface area (Å²) < 4.78 is 3.09. The second-order valence-electron chi connectivity index (χ2n) is 4.41. The maximum absolute atomic E-state index is 4.28. The van der Waals surface area contributed by atoms with Crippen LogP contribution in [0.5, 0.6) is 0 Å². The molecule has 0 amide bonds. The van der Waals surface area contributed by atoms with Crippen LogP contribution < -0.4 is 0 Å². The van der Waals surface area contributed by atoms with Crippen LogP contribution in [-0.2, 0) is 7.05 Å². The molecule has 2 aromatic carbocycles. The van der Waals surface area contributed by atoms with Gasteiger partial charge in [0.1, 0.15) is 0 Å². The summed E-state index contributed by atoms with van der Waals surface area (Å²) in [7, 11) is 1.97. The highest BCUT2D eigenvalue weighted by Crippen LogP contribution is 2.27. The number of rotatable bonds is 2. The van der Waals surface area contributed by atoms with Crippen molar-refractivity contribution < 1.29 is 0 Å². The topological polar surface area (TPSA) is 17.8 Å². The van der Waals surface area contributed by atoms with Crippen LogP contribution in [0.1, 0.15) is 0 Å². The van der Waals surface area contributed by atoms with Crippen molar-refractivity contribution in [1.29, 1.82) is 0 Å². The van der Waals surface area contributed by atoms with Crippen molar-refractivity contribution in [2.75, 3.05) is 0 Å². The van der Waals surface area contributed by atoms with Gasteiger partial charge in [-0.25, -0.2) is 0 Å². The van der Waals surface area contributed by atoms with Crippen molar-refractivity contribution in [2.45, 2.75) is 0 Å². The van der Waals surface area contributed by atoms with Crippen molar-refractivity contribution in [3.05, 3.63) is 64.4 Å². The number of aryl methyl sites for hydroxylation is 1. The zero-order valence-corrected chi connectivity index (χ0v) is 12.7. The Labute approximate surface area is 126 Å². The van der Waals surface area contributed by atoms with Gasteiger partial charge in [-0.2, -0.15) is 5.10 Å². The van der Waals surface area contributed by atoms with Gasteiger partial charge in [-0.15, -0.1) is 0 Å². The van der Waals surface area contributed by atoms with E-state index in [0.29, 0.717) is 0 Å². The molecule has 3 rings (SSSR count). The summed E-state index contributed by atoms with van der Waals surface area (Å²) in [5.41, 5.74) is 4.85. The van der Waals surface area contributed by atoms with Crippen LogP contribution >= 0.6 is 22.6 Å². The summed E-state index contributed by atoms with van der Waals surface area (Å²) in [5.74, 6) is 0. The summed E-state index contributed by atoms with van der Waals surface area (Å²) in [6.45, 7) is 0. The fourth-order valence-corrected chi connectivity index (χ4v) is 2.97. The smallest absolute Gasteiger partial charge is 0.0812 e. The van der Waals surface area contributed by atoms with E-state index in [-0.39, 0.29) is 0 Å². The summed E-state index contributed by atoms with van der Waals surface area (Å²) in [5, 5.41) is 4.28. The number of nitrogens with zero attached hydrogens (tertiary/aromatic N) is 2. The molecule has 1 heterocycles. The van der Waals surface area contributed by atoms with E-state index in [1.165, 1.54) is 26.0 Å². The monoisotopic (exact) mass is 360 g/mol. The molecule has 0 N–H and O–H groups in total. The molecule has 0 unspecified atom stereocenters. The van der Waals surface area contributed by atoms with Gasteiger partial charge in [-0.05, 0) is 33.7 Å². The van der Waals surface area contributed by atoms with E-state index in [4.69, 9.17) is 0 Å². The zero-order valence-electron chi connectivity index (χ0n) is 10.5. The molecule has 3 aromatic rings. The van der Waals surface area contributed by atoms with Gasteiger partial charge in [0.15, 0.2) is 0 Å². The molecule has 0 aliphatic heterocycles. The van der Waals surface area contributed by atoms with E-state index in [1.807, 2.05) is 24.0 Å². The number of hydrogen-bond donors (Lipinski definition) is 0. The molecule has 94 valence electrons. The minimum Gasteiger partial charge on any atom is -0.267 e. The molecule has 0 fully saturated rings. The minimum absolute atomic E-state index is 1.17. The minimum atomic E-state index is 1.17. The first-order valence-corrected chi connectivity index (χ1v) is 7.17. The van der Waals surface area contributed by atoms with Crippen LogP contribution in [0, 0.1) is 3.57 Å². The van der Waals surface area contributed by atoms with E-state index >= 15 is 0 Å². The molecule has 0 saturated carbocycles. The first-order valence-electron chi connectivity index (χ1n) is 6.09. The zero-order chi connectivity index (χ0) is 13.2. The molecular weight excluding hydrogens is 347 g/mol. The second kappa shape index (κ2) is 5.17. The Morgan fingerprint density at radius 2 is 1.42 bits per heavy atom. The quantitative estimate of drug-likeness (QED) is 0.621. The highest BCUT2D eigenvalue weighted by molar-refractivity contribution is 14.1. The molecule has 19 heavy (non-hydrogen) atoms. The normalized spacial score (nSPS) is 10.6. The Kier molecular flexibility index (Phi) is 3.38. The summed E-state index contributed by atoms with van der Waals surface area (Å²) in [4.78, 5) is 0. The third-order valence-electron chi connectivity index (χ3n) is 3.16. The Bertz CT molecular complexity index is 665. The van der Waals surface area contributed by atoms with Crippen molar-refractivity contribution in [3.8, 4) is 22.4 Å². The average Bonchev–Trinajstić information content (AvgIpc) is 2.79. The Morgan fingerprint density at radius 3 is 2.00 bits per heavy atom. The molecule has 2 nitrogen and oxygen atoms in total. The standard InChI is InChI=1S/C16H13IN2/c1-19-16(15(17)11-18-19)14-9-7-13(8-10-14)12-5-3-2-4-6-12/h2-11H,1H3. The summed E-state index contributed by atoms with van der Waals surface area (Å²) in [6.07, 6.45) is 1.89. The van der Waals surface area contributed by atoms with Gasteiger partial charge in [0.25, 0.3) is 0 Å². The van der Waals surface area contributed by atoms with Crippen molar-refractivity contribution >= 4 is 22.6 Å². The maximum Gasteiger partial charge on any atom is 0.0812 e. The predicted octanol–water partition coefficient (Wildman–Crippen LogP) is 4.36. The third kappa shape index (κ3) is 2.42. The Morgan fingerprint density at radius 1 is 0.842 bits per heavy atom. The second-order valence-corrected chi connectivity index (χ2v) is 5.57. The first kappa shape index (κ1) is 12.4. The number of aromatic nitrogens is 2. The molecule has 3 heteroatoms. The van der Waals surface area contributed by atoms with Gasteiger partial charge in [0.2, 0.25) is 0 Å². The first-order chi connectivity index (χ1) is 9.25.